The molecule has 1 aliphatic heterocycles. The van der Waals surface area contributed by atoms with Crippen LogP contribution in [0, 0.1) is 6.42 Å². The van der Waals surface area contributed by atoms with Gasteiger partial charge in [0.25, 0.3) is 0 Å². The molecular formula is C8H10NO3Y-. The second-order valence-corrected chi connectivity index (χ2v) is 2.74. The molecule has 1 radical (unpaired) electrons. The van der Waals surface area contributed by atoms with E-state index < -0.39 is 0 Å². The molecule has 1 rings (SSSR count). The summed E-state index contributed by atoms with van der Waals surface area (Å²) in [7, 11) is 0. The third-order valence-corrected chi connectivity index (χ3v) is 1.71. The van der Waals surface area contributed by atoms with E-state index in [1.807, 2.05) is 0 Å². The first kappa shape index (κ1) is 12.8. The standard InChI is InChI=1S/C8H10NO3.Y/c1-6(10)4-5-9-7(11)2-3-8(9)12;/h2H,3-5H2,1H3;/q-1;. The van der Waals surface area contributed by atoms with Gasteiger partial charge >= 0.3 is 0 Å². The molecule has 0 N–H and O–H groups in total. The fraction of sp³-hybridized carbons (Fsp3) is 0.500. The maximum absolute atomic E-state index is 11.0. The Bertz CT molecular complexity index is 224. The van der Waals surface area contributed by atoms with Gasteiger partial charge in [0.2, 0.25) is 0 Å². The number of amides is 2. The SMILES string of the molecule is CC(=O)CCN1C(=O)[CH-]CC1=O.[Y]. The molecule has 1 saturated heterocycles. The second-order valence-electron chi connectivity index (χ2n) is 2.74. The maximum Gasteiger partial charge on any atom is 0.200 e. The van der Waals surface area contributed by atoms with Gasteiger partial charge in [0.1, 0.15) is 5.78 Å². The van der Waals surface area contributed by atoms with Crippen LogP contribution in [0.15, 0.2) is 0 Å². The number of carbonyl (C=O) groups is 3. The van der Waals surface area contributed by atoms with Crippen molar-refractivity contribution in [2.75, 3.05) is 6.54 Å². The number of rotatable bonds is 3. The van der Waals surface area contributed by atoms with Gasteiger partial charge in [-0.05, 0) is 6.92 Å². The first-order chi connectivity index (χ1) is 5.61. The van der Waals surface area contributed by atoms with Crippen molar-refractivity contribution in [3.8, 4) is 0 Å². The molecule has 2 amide bonds. The van der Waals surface area contributed by atoms with Gasteiger partial charge < -0.3 is 9.69 Å². The largest absolute Gasteiger partial charge is 0.311 e. The molecule has 0 spiro atoms. The van der Waals surface area contributed by atoms with Crippen molar-refractivity contribution < 1.29 is 47.1 Å². The summed E-state index contributed by atoms with van der Waals surface area (Å²) in [6, 6.07) is 0. The summed E-state index contributed by atoms with van der Waals surface area (Å²) in [4.78, 5) is 33.6. The van der Waals surface area contributed by atoms with Gasteiger partial charge in [-0.2, -0.15) is 0 Å². The Kier molecular flexibility index (Phi) is 5.41. The molecule has 13 heavy (non-hydrogen) atoms. The Morgan fingerprint density at radius 3 is 2.54 bits per heavy atom. The summed E-state index contributed by atoms with van der Waals surface area (Å²) in [5, 5.41) is 0. The zero-order valence-electron chi connectivity index (χ0n) is 7.45. The van der Waals surface area contributed by atoms with Crippen molar-refractivity contribution in [3.05, 3.63) is 6.42 Å². The monoisotopic (exact) mass is 257 g/mol. The summed E-state index contributed by atoms with van der Waals surface area (Å²) < 4.78 is 0. The van der Waals surface area contributed by atoms with E-state index in [-0.39, 0.29) is 69.7 Å². The number of hydrogen-bond acceptors (Lipinski definition) is 3. The Morgan fingerprint density at radius 1 is 1.54 bits per heavy atom. The van der Waals surface area contributed by atoms with Gasteiger partial charge in [0.15, 0.2) is 5.91 Å². The van der Waals surface area contributed by atoms with Crippen LogP contribution in [0.3, 0.4) is 0 Å². The molecule has 0 aromatic heterocycles. The number of likely N-dealkylation sites (tertiary alicyclic amines) is 1. The smallest absolute Gasteiger partial charge is 0.200 e. The minimum Gasteiger partial charge on any atom is -0.311 e. The number of ketones is 1. The van der Waals surface area contributed by atoms with E-state index in [1.54, 1.807) is 0 Å². The first-order valence-electron chi connectivity index (χ1n) is 3.78. The van der Waals surface area contributed by atoms with Crippen LogP contribution in [0.25, 0.3) is 0 Å². The number of carbonyl (C=O) groups excluding carboxylic acids is 3. The van der Waals surface area contributed by atoms with Crippen molar-refractivity contribution in [1.29, 1.82) is 0 Å². The van der Waals surface area contributed by atoms with Crippen LogP contribution in [-0.4, -0.2) is 29.0 Å². The van der Waals surface area contributed by atoms with Crippen molar-refractivity contribution in [1.82, 2.24) is 4.90 Å². The molecule has 0 bridgehead atoms. The van der Waals surface area contributed by atoms with Gasteiger partial charge in [-0.3, -0.25) is 16.0 Å². The maximum atomic E-state index is 11.0. The molecule has 0 aliphatic carbocycles. The summed E-state index contributed by atoms with van der Waals surface area (Å²) in [6.07, 6.45) is 1.77. The molecule has 0 unspecified atom stereocenters. The van der Waals surface area contributed by atoms with E-state index in [9.17, 15) is 14.4 Å². The number of nitrogens with zero attached hydrogens (tertiary/aromatic N) is 1. The summed E-state index contributed by atoms with van der Waals surface area (Å²) >= 11 is 0. The molecule has 69 valence electrons. The number of hydrogen-bond donors (Lipinski definition) is 0. The molecule has 1 heterocycles. The van der Waals surface area contributed by atoms with Gasteiger partial charge in [0.05, 0.1) is 5.91 Å². The Morgan fingerprint density at radius 2 is 2.15 bits per heavy atom. The predicted molar refractivity (Wildman–Crippen MR) is 40.9 cm³/mol. The summed E-state index contributed by atoms with van der Waals surface area (Å²) in [6.45, 7) is 1.66. The first-order valence-corrected chi connectivity index (χ1v) is 3.78. The predicted octanol–water partition coefficient (Wildman–Crippen LogP) is -0.0738. The summed E-state index contributed by atoms with van der Waals surface area (Å²) in [5.41, 5.74) is 0. The van der Waals surface area contributed by atoms with Crippen molar-refractivity contribution in [3.63, 3.8) is 0 Å². The minimum absolute atomic E-state index is 0. The van der Waals surface area contributed by atoms with E-state index in [2.05, 4.69) is 0 Å². The van der Waals surface area contributed by atoms with Gasteiger partial charge in [-0.15, -0.1) is 0 Å². The fourth-order valence-electron chi connectivity index (χ4n) is 1.02. The molecule has 0 aromatic rings. The number of Topliss-reactive ketones (excluding diaryl/α,β-unsaturated/α-hetero) is 1. The van der Waals surface area contributed by atoms with Crippen molar-refractivity contribution in [2.45, 2.75) is 19.8 Å². The molecule has 1 fully saturated rings. The zero-order chi connectivity index (χ0) is 9.14. The van der Waals surface area contributed by atoms with Crippen LogP contribution in [0.2, 0.25) is 0 Å². The third kappa shape index (κ3) is 3.57. The average molecular weight is 257 g/mol. The van der Waals surface area contributed by atoms with Gasteiger partial charge in [-0.1, -0.05) is 6.42 Å². The molecule has 0 saturated carbocycles. The van der Waals surface area contributed by atoms with Crippen LogP contribution >= 0.6 is 0 Å². The molecule has 0 aromatic carbocycles. The van der Waals surface area contributed by atoms with E-state index in [0.29, 0.717) is 0 Å². The summed E-state index contributed by atoms with van der Waals surface area (Å²) in [5.74, 6) is -0.495. The van der Waals surface area contributed by atoms with Crippen LogP contribution < -0.4 is 0 Å². The minimum atomic E-state index is -0.277. The fourth-order valence-corrected chi connectivity index (χ4v) is 1.02. The van der Waals surface area contributed by atoms with E-state index in [0.717, 1.165) is 4.90 Å². The van der Waals surface area contributed by atoms with E-state index >= 15 is 0 Å². The molecule has 5 heteroatoms. The molecule has 4 nitrogen and oxygen atoms in total. The van der Waals surface area contributed by atoms with Crippen molar-refractivity contribution >= 4 is 17.6 Å². The zero-order valence-corrected chi connectivity index (χ0v) is 10.3. The third-order valence-electron chi connectivity index (χ3n) is 1.71. The van der Waals surface area contributed by atoms with Crippen LogP contribution in [0.1, 0.15) is 19.8 Å². The number of imide groups is 1. The average Bonchev–Trinajstić information content (AvgIpc) is 2.28. The second kappa shape index (κ2) is 5.50. The van der Waals surface area contributed by atoms with Gasteiger partial charge in [-0.25, -0.2) is 0 Å². The quantitative estimate of drug-likeness (QED) is 0.525. The van der Waals surface area contributed by atoms with Crippen LogP contribution in [-0.2, 0) is 47.1 Å². The Hall–Kier alpha value is -0.216. The topological polar surface area (TPSA) is 54.5 Å². The van der Waals surface area contributed by atoms with Crippen LogP contribution in [0.4, 0.5) is 0 Å². The Balaban J connectivity index is 0.00000144. The van der Waals surface area contributed by atoms with E-state index in [1.165, 1.54) is 13.3 Å². The normalized spacial score (nSPS) is 15.3. The van der Waals surface area contributed by atoms with Crippen LogP contribution in [0.5, 0.6) is 0 Å². The molecule has 0 atom stereocenters. The van der Waals surface area contributed by atoms with Gasteiger partial charge in [0, 0.05) is 45.7 Å². The van der Waals surface area contributed by atoms with Crippen molar-refractivity contribution in [2.24, 2.45) is 0 Å². The molecular weight excluding hydrogens is 247 g/mol. The molecule has 1 aliphatic rings. The Labute approximate surface area is 102 Å². The van der Waals surface area contributed by atoms with E-state index in [4.69, 9.17) is 0 Å².